The molecule has 0 aliphatic heterocycles. The van der Waals surface area contributed by atoms with Crippen LogP contribution < -0.4 is 31.3 Å². The van der Waals surface area contributed by atoms with Gasteiger partial charge in [-0.25, -0.2) is 32.8 Å². The standard InChI is InChI=1S/C23H24F3NO4.C22H24F3NO4.C22H27NO5.2C21H24FNO4/c1-14(2)19(31-13-15-3-7-18(8-4-15)23(24,25)26)20(28)27-22(11-12-22)17-9-5-16(6-10-17)21(29)30;1-13(2)19(30-12-15-4-10-18(11-5-15)22(23,24)25)20(27)26-14(3)16-6-8-17(9-7-16)21(28)29;1-14(2)20(28-13-16-6-5-7-19(12-16)27-4)21(24)23-15(3)17-8-10-18(11-9-17)22(25)26;2*1-13(2)19(27-12-15-4-10-18(22)11-5-15)20(24)23-14(3)16-6-8-17(9-7-16)21(25)26/h3-10,14,19H,11-13H2,1-2H3,(H,27,28)(H,29,30);4-11,13-14,19H,12H2,1-3H3,(H,26,27)(H,28,29);5-12,14-15,20H,13H2,1-4H3,(H,23,24)(H,25,26);2*4-11,13-14,19H,12H2,1-3H3,(H,23,24)(H,25,26)/t19-;14-,19+;15-,20?;14-,19+;14-,19-/m10000/s1. The van der Waals surface area contributed by atoms with Crippen LogP contribution in [0.25, 0.3) is 0 Å². The van der Waals surface area contributed by atoms with Gasteiger partial charge in [0, 0.05) is 0 Å². The molecule has 143 heavy (non-hydrogen) atoms. The number of carboxylic acid groups (broad SMARTS) is 5. The smallest absolute Gasteiger partial charge is 0.416 e. The first kappa shape index (κ1) is 116. The van der Waals surface area contributed by atoms with E-state index in [2.05, 4.69) is 26.6 Å². The van der Waals surface area contributed by atoms with Crippen molar-refractivity contribution in [3.8, 4) is 5.75 Å². The van der Waals surface area contributed by atoms with E-state index in [4.69, 9.17) is 54.0 Å². The Kier molecular flexibility index (Phi) is 44.4. The van der Waals surface area contributed by atoms with E-state index < -0.39 is 89.4 Å². The predicted molar refractivity (Wildman–Crippen MR) is 518 cm³/mol. The molecule has 1 aliphatic carbocycles. The van der Waals surface area contributed by atoms with Crippen molar-refractivity contribution < 1.29 is 137 Å². The number of nitrogens with one attached hydrogen (secondary N) is 5. The number of amides is 5. The van der Waals surface area contributed by atoms with E-state index in [1.165, 1.54) is 109 Å². The molecular formula is C109H123F8N5O21. The SMILES string of the molecule is CC(C)[C@@H](OCc1ccc(C(F)(F)F)cc1)C(=O)NC1(c2ccc(C(=O)O)cc2)CC1.CC(C)[C@@H](OCc1ccc(C(F)(F)F)cc1)C(=O)N[C@@H](C)c1ccc(C(=O)O)cc1.CC(C)[C@@H](OCc1ccc(F)cc1)C(=O)N[C@@H](C)c1ccc(C(=O)O)cc1.CC(C)[C@H](OCc1ccc(F)cc1)C(=O)N[C@@H](C)c1ccc(C(=O)O)cc1.COc1cccc(COC(C(=O)N[C@@H](C)c2ccc(C(=O)O)cc2)C(C)C)c1. The maximum atomic E-state index is 13.0. The lowest BCUT2D eigenvalue weighted by Gasteiger charge is -2.25. The molecule has 9 atom stereocenters. The Bertz CT molecular complexity index is 5660. The minimum absolute atomic E-state index is 0.00388. The van der Waals surface area contributed by atoms with E-state index in [1.807, 2.05) is 114 Å². The topological polar surface area (TPSA) is 387 Å². The molecule has 0 radical (unpaired) electrons. The molecule has 10 aromatic carbocycles. The van der Waals surface area contributed by atoms with E-state index in [0.717, 1.165) is 87.4 Å². The molecule has 1 aliphatic rings. The fourth-order valence-electron chi connectivity index (χ4n) is 14.3. The second kappa shape index (κ2) is 54.8. The first-order chi connectivity index (χ1) is 67.4. The molecule has 10 aromatic rings. The predicted octanol–water partition coefficient (Wildman–Crippen LogP) is 21.3. The van der Waals surface area contributed by atoms with Gasteiger partial charge in [0.1, 0.15) is 47.9 Å². The Morgan fingerprint density at radius 3 is 0.741 bits per heavy atom. The molecule has 1 saturated carbocycles. The number of rotatable bonds is 41. The highest BCUT2D eigenvalue weighted by atomic mass is 19.4. The zero-order valence-electron chi connectivity index (χ0n) is 81.9. The minimum Gasteiger partial charge on any atom is -0.497 e. The maximum absolute atomic E-state index is 13.0. The number of carbonyl (C=O) groups is 10. The third-order valence-corrected chi connectivity index (χ3v) is 22.9. The van der Waals surface area contributed by atoms with Gasteiger partial charge in [-0.15, -0.1) is 0 Å². The third kappa shape index (κ3) is 37.4. The molecule has 766 valence electrons. The van der Waals surface area contributed by atoms with Gasteiger partial charge in [0.2, 0.25) is 29.5 Å². The highest BCUT2D eigenvalue weighted by molar-refractivity contribution is 5.91. The van der Waals surface area contributed by atoms with Crippen LogP contribution in [0.15, 0.2) is 243 Å². The number of carboxylic acids is 5. The Hall–Kier alpha value is -14.1. The molecule has 0 saturated heterocycles. The van der Waals surface area contributed by atoms with Crippen molar-refractivity contribution in [3.05, 3.63) is 349 Å². The first-order valence-corrected chi connectivity index (χ1v) is 46.1. The van der Waals surface area contributed by atoms with Crippen molar-refractivity contribution in [2.75, 3.05) is 7.11 Å². The average Bonchev–Trinajstić information content (AvgIpc) is 1.61. The molecule has 0 heterocycles. The van der Waals surface area contributed by atoms with Gasteiger partial charge in [-0.05, 0) is 247 Å². The van der Waals surface area contributed by atoms with Crippen LogP contribution in [-0.2, 0) is 98.6 Å². The van der Waals surface area contributed by atoms with Crippen molar-refractivity contribution in [1.82, 2.24) is 26.6 Å². The van der Waals surface area contributed by atoms with E-state index in [1.54, 1.807) is 99.0 Å². The van der Waals surface area contributed by atoms with E-state index in [-0.39, 0.29) is 149 Å². The van der Waals surface area contributed by atoms with Crippen LogP contribution in [-0.4, -0.2) is 123 Å². The van der Waals surface area contributed by atoms with E-state index in [0.29, 0.717) is 17.7 Å². The van der Waals surface area contributed by atoms with Crippen LogP contribution in [0, 0.1) is 41.2 Å². The lowest BCUT2D eigenvalue weighted by molar-refractivity contribution is -0.138. The van der Waals surface area contributed by atoms with Crippen LogP contribution in [0.1, 0.15) is 252 Å². The summed E-state index contributed by atoms with van der Waals surface area (Å²) in [6.45, 7) is 26.7. The van der Waals surface area contributed by atoms with Crippen LogP contribution in [0.3, 0.4) is 0 Å². The number of hydrogen-bond donors (Lipinski definition) is 10. The fraction of sp³-hybridized carbons (Fsp3) is 0.358. The number of ether oxygens (including phenoxy) is 6. The summed E-state index contributed by atoms with van der Waals surface area (Å²) in [5.74, 6) is -6.69. The van der Waals surface area contributed by atoms with Gasteiger partial charge in [0.15, 0.2) is 0 Å². The molecule has 11 rings (SSSR count). The Morgan fingerprint density at radius 1 is 0.301 bits per heavy atom. The zero-order chi connectivity index (χ0) is 106. The molecule has 0 aromatic heterocycles. The molecule has 10 N–H and O–H groups in total. The third-order valence-electron chi connectivity index (χ3n) is 22.9. The number of methoxy groups -OCH3 is 1. The number of benzene rings is 10. The van der Waals surface area contributed by atoms with Crippen molar-refractivity contribution in [3.63, 3.8) is 0 Å². The first-order valence-electron chi connectivity index (χ1n) is 46.1. The van der Waals surface area contributed by atoms with Crippen molar-refractivity contribution in [1.29, 1.82) is 0 Å². The Labute approximate surface area is 825 Å². The Balaban J connectivity index is 0.000000243. The lowest BCUT2D eigenvalue weighted by Crippen LogP contribution is -2.44. The molecule has 1 unspecified atom stereocenters. The van der Waals surface area contributed by atoms with E-state index >= 15 is 0 Å². The molecule has 34 heteroatoms. The van der Waals surface area contributed by atoms with Gasteiger partial charge in [-0.1, -0.05) is 191 Å². The molecule has 0 spiro atoms. The monoisotopic (exact) mass is 1990 g/mol. The normalized spacial score (nSPS) is 13.9. The molecule has 5 amide bonds. The number of halogens is 8. The summed E-state index contributed by atoms with van der Waals surface area (Å²) >= 11 is 0. The van der Waals surface area contributed by atoms with Gasteiger partial charge in [0.25, 0.3) is 0 Å². The van der Waals surface area contributed by atoms with Gasteiger partial charge < -0.3 is 80.5 Å². The second-order valence-electron chi connectivity index (χ2n) is 36.0. The minimum atomic E-state index is -4.40. The molecular weight excluding hydrogens is 1870 g/mol. The summed E-state index contributed by atoms with van der Waals surface area (Å²) in [6, 6.07) is 59.2. The van der Waals surface area contributed by atoms with Gasteiger partial charge in [-0.2, -0.15) is 26.3 Å². The number of hydrogen-bond acceptors (Lipinski definition) is 16. The van der Waals surface area contributed by atoms with Crippen LogP contribution in [0.4, 0.5) is 35.1 Å². The summed E-state index contributed by atoms with van der Waals surface area (Å²) < 4.78 is 136. The second-order valence-corrected chi connectivity index (χ2v) is 36.0. The number of aromatic carboxylic acids is 5. The van der Waals surface area contributed by atoms with Gasteiger partial charge in [-0.3, -0.25) is 24.0 Å². The summed E-state index contributed by atoms with van der Waals surface area (Å²) in [4.78, 5) is 118. The van der Waals surface area contributed by atoms with Crippen LogP contribution in [0.5, 0.6) is 5.75 Å². The molecule has 0 bridgehead atoms. The molecule has 26 nitrogen and oxygen atoms in total. The van der Waals surface area contributed by atoms with E-state index in [9.17, 15) is 83.1 Å². The summed E-state index contributed by atoms with van der Waals surface area (Å²) in [6.07, 6.45) is -10.8. The average molecular weight is 1990 g/mol. The van der Waals surface area contributed by atoms with Gasteiger partial charge >= 0.3 is 42.2 Å². The maximum Gasteiger partial charge on any atom is 0.416 e. The summed E-state index contributed by atoms with van der Waals surface area (Å²) in [7, 11) is 1.61. The van der Waals surface area contributed by atoms with Crippen molar-refractivity contribution >= 4 is 59.4 Å². The lowest BCUT2D eigenvalue weighted by atomic mass is 10.0. The zero-order valence-corrected chi connectivity index (χ0v) is 81.9. The highest BCUT2D eigenvalue weighted by Gasteiger charge is 2.47. The van der Waals surface area contributed by atoms with Gasteiger partial charge in [0.05, 0.1) is 109 Å². The number of carbonyl (C=O) groups excluding carboxylic acids is 5. The van der Waals surface area contributed by atoms with Crippen molar-refractivity contribution in [2.45, 2.75) is 215 Å². The van der Waals surface area contributed by atoms with Crippen molar-refractivity contribution in [2.24, 2.45) is 29.6 Å². The largest absolute Gasteiger partial charge is 0.497 e. The molecule has 1 fully saturated rings. The van der Waals surface area contributed by atoms with Crippen LogP contribution >= 0.6 is 0 Å². The summed E-state index contributed by atoms with van der Waals surface area (Å²) in [5.41, 5.74) is 6.45. The quantitative estimate of drug-likeness (QED) is 0.0159. The summed E-state index contributed by atoms with van der Waals surface area (Å²) in [5, 5.41) is 59.5. The van der Waals surface area contributed by atoms with Crippen LogP contribution in [0.2, 0.25) is 0 Å². The fourth-order valence-corrected chi connectivity index (χ4v) is 14.3. The highest BCUT2D eigenvalue weighted by Crippen LogP contribution is 2.46. The Morgan fingerprint density at radius 2 is 0.524 bits per heavy atom. The number of alkyl halides is 6.